The van der Waals surface area contributed by atoms with Crippen LogP contribution in [0.4, 0.5) is 11.6 Å². The molecule has 0 aromatic carbocycles. The van der Waals surface area contributed by atoms with Crippen LogP contribution in [0.5, 0.6) is 0 Å². The lowest BCUT2D eigenvalue weighted by Crippen LogP contribution is -2.48. The van der Waals surface area contributed by atoms with Gasteiger partial charge in [0.05, 0.1) is 5.60 Å². The van der Waals surface area contributed by atoms with E-state index >= 15 is 0 Å². The van der Waals surface area contributed by atoms with Crippen molar-refractivity contribution < 1.29 is 4.74 Å². The van der Waals surface area contributed by atoms with Gasteiger partial charge in [0.15, 0.2) is 0 Å². The summed E-state index contributed by atoms with van der Waals surface area (Å²) in [5.74, 6) is 1.90. The van der Waals surface area contributed by atoms with E-state index in [1.165, 1.54) is 0 Å². The lowest BCUT2D eigenvalue weighted by Gasteiger charge is -2.40. The van der Waals surface area contributed by atoms with Gasteiger partial charge in [-0.25, -0.2) is 9.97 Å². The fourth-order valence-electron chi connectivity index (χ4n) is 2.56. The highest BCUT2D eigenvalue weighted by molar-refractivity contribution is 5.58. The van der Waals surface area contributed by atoms with Gasteiger partial charge in [0.25, 0.3) is 0 Å². The van der Waals surface area contributed by atoms with Gasteiger partial charge in [0.1, 0.15) is 18.0 Å². The SMILES string of the molecule is CNc1ncnc(N2CCCC(C)(OC)C2)c1C. The molecule has 1 aliphatic rings. The minimum atomic E-state index is -0.0740. The number of anilines is 2. The van der Waals surface area contributed by atoms with Gasteiger partial charge in [0, 0.05) is 32.8 Å². The van der Waals surface area contributed by atoms with Crippen LogP contribution >= 0.6 is 0 Å². The monoisotopic (exact) mass is 250 g/mol. The van der Waals surface area contributed by atoms with Gasteiger partial charge in [-0.05, 0) is 26.7 Å². The van der Waals surface area contributed by atoms with Crippen molar-refractivity contribution in [3.63, 3.8) is 0 Å². The Kier molecular flexibility index (Phi) is 3.71. The second-order valence-corrected chi connectivity index (χ2v) is 5.10. The van der Waals surface area contributed by atoms with Crippen LogP contribution in [0.2, 0.25) is 0 Å². The Labute approximate surface area is 109 Å². The van der Waals surface area contributed by atoms with Gasteiger partial charge >= 0.3 is 0 Å². The molecule has 1 N–H and O–H groups in total. The summed E-state index contributed by atoms with van der Waals surface area (Å²) >= 11 is 0. The number of hydrogen-bond donors (Lipinski definition) is 1. The smallest absolute Gasteiger partial charge is 0.137 e. The van der Waals surface area contributed by atoms with Crippen LogP contribution in [-0.2, 0) is 4.74 Å². The average Bonchev–Trinajstić information content (AvgIpc) is 2.39. The van der Waals surface area contributed by atoms with Gasteiger partial charge in [0.2, 0.25) is 0 Å². The highest BCUT2D eigenvalue weighted by Crippen LogP contribution is 2.29. The third-order valence-electron chi connectivity index (χ3n) is 3.75. The van der Waals surface area contributed by atoms with Gasteiger partial charge in [-0.2, -0.15) is 0 Å². The zero-order chi connectivity index (χ0) is 13.2. The molecule has 0 amide bonds. The van der Waals surface area contributed by atoms with E-state index in [0.717, 1.165) is 43.1 Å². The van der Waals surface area contributed by atoms with Crippen LogP contribution in [0, 0.1) is 6.92 Å². The minimum absolute atomic E-state index is 0.0740. The third-order valence-corrected chi connectivity index (χ3v) is 3.75. The van der Waals surface area contributed by atoms with Crippen LogP contribution < -0.4 is 10.2 Å². The quantitative estimate of drug-likeness (QED) is 0.887. The van der Waals surface area contributed by atoms with Crippen molar-refractivity contribution in [1.29, 1.82) is 0 Å². The molecule has 1 saturated heterocycles. The zero-order valence-corrected chi connectivity index (χ0v) is 11.7. The predicted molar refractivity (Wildman–Crippen MR) is 73.2 cm³/mol. The van der Waals surface area contributed by atoms with E-state index in [4.69, 9.17) is 4.74 Å². The van der Waals surface area contributed by atoms with Crippen LogP contribution in [0.15, 0.2) is 6.33 Å². The summed E-state index contributed by atoms with van der Waals surface area (Å²) in [5, 5.41) is 3.10. The normalized spacial score (nSPS) is 24.1. The van der Waals surface area contributed by atoms with Crippen molar-refractivity contribution >= 4 is 11.6 Å². The largest absolute Gasteiger partial charge is 0.377 e. The van der Waals surface area contributed by atoms with Crippen LogP contribution in [0.1, 0.15) is 25.3 Å². The summed E-state index contributed by atoms with van der Waals surface area (Å²) in [6.45, 7) is 6.12. The summed E-state index contributed by atoms with van der Waals surface area (Å²) in [6, 6.07) is 0. The molecular formula is C13H22N4O. The van der Waals surface area contributed by atoms with E-state index in [2.05, 4.69) is 34.0 Å². The van der Waals surface area contributed by atoms with E-state index < -0.39 is 0 Å². The van der Waals surface area contributed by atoms with Crippen LogP contribution in [0.3, 0.4) is 0 Å². The number of nitrogens with one attached hydrogen (secondary N) is 1. The van der Waals surface area contributed by atoms with Gasteiger partial charge in [-0.15, -0.1) is 0 Å². The Hall–Kier alpha value is -1.36. The molecule has 0 spiro atoms. The fourth-order valence-corrected chi connectivity index (χ4v) is 2.56. The number of nitrogens with zero attached hydrogens (tertiary/aromatic N) is 3. The first kappa shape index (κ1) is 13.1. The maximum Gasteiger partial charge on any atom is 0.137 e. The van der Waals surface area contributed by atoms with Gasteiger partial charge in [-0.3, -0.25) is 0 Å². The molecule has 100 valence electrons. The Balaban J connectivity index is 2.26. The van der Waals surface area contributed by atoms with Crippen LogP contribution in [0.25, 0.3) is 0 Å². The number of hydrogen-bond acceptors (Lipinski definition) is 5. The zero-order valence-electron chi connectivity index (χ0n) is 11.7. The maximum atomic E-state index is 5.63. The van der Waals surface area contributed by atoms with Crippen LogP contribution in [-0.4, -0.2) is 42.8 Å². The molecule has 1 aromatic heterocycles. The van der Waals surface area contributed by atoms with Crippen molar-refractivity contribution in [3.8, 4) is 0 Å². The van der Waals surface area contributed by atoms with Crippen molar-refractivity contribution in [3.05, 3.63) is 11.9 Å². The number of ether oxygens (including phenoxy) is 1. The van der Waals surface area contributed by atoms with E-state index in [1.807, 2.05) is 7.05 Å². The molecule has 0 bridgehead atoms. The number of methoxy groups -OCH3 is 1. The summed E-state index contributed by atoms with van der Waals surface area (Å²) in [5.41, 5.74) is 1.02. The summed E-state index contributed by atoms with van der Waals surface area (Å²) < 4.78 is 5.63. The highest BCUT2D eigenvalue weighted by Gasteiger charge is 2.32. The van der Waals surface area contributed by atoms with Crippen molar-refractivity contribution in [2.24, 2.45) is 0 Å². The van der Waals surface area contributed by atoms with E-state index in [9.17, 15) is 0 Å². The summed E-state index contributed by atoms with van der Waals surface area (Å²) in [6.07, 6.45) is 3.85. The molecule has 5 nitrogen and oxygen atoms in total. The first-order valence-electron chi connectivity index (χ1n) is 6.39. The average molecular weight is 250 g/mol. The first-order valence-corrected chi connectivity index (χ1v) is 6.39. The van der Waals surface area contributed by atoms with E-state index in [-0.39, 0.29) is 5.60 Å². The third kappa shape index (κ3) is 2.41. The molecule has 0 aliphatic carbocycles. The molecular weight excluding hydrogens is 228 g/mol. The molecule has 2 heterocycles. The second-order valence-electron chi connectivity index (χ2n) is 5.10. The minimum Gasteiger partial charge on any atom is -0.377 e. The maximum absolute atomic E-state index is 5.63. The number of piperidine rings is 1. The molecule has 2 rings (SSSR count). The number of rotatable bonds is 3. The summed E-state index contributed by atoms with van der Waals surface area (Å²) in [4.78, 5) is 11.0. The summed E-state index contributed by atoms with van der Waals surface area (Å²) in [7, 11) is 3.67. The van der Waals surface area contributed by atoms with Gasteiger partial charge < -0.3 is 15.0 Å². The van der Waals surface area contributed by atoms with E-state index in [1.54, 1.807) is 13.4 Å². The standard InChI is InChI=1S/C13H22N4O/c1-10-11(14-3)15-9-16-12(10)17-7-5-6-13(2,8-17)18-4/h9H,5-8H2,1-4H3,(H,14,15,16). The Morgan fingerprint density at radius 3 is 2.89 bits per heavy atom. The molecule has 0 radical (unpaired) electrons. The molecule has 18 heavy (non-hydrogen) atoms. The number of aromatic nitrogens is 2. The Morgan fingerprint density at radius 1 is 1.44 bits per heavy atom. The second kappa shape index (κ2) is 5.10. The fraction of sp³-hybridized carbons (Fsp3) is 0.692. The topological polar surface area (TPSA) is 50.3 Å². The highest BCUT2D eigenvalue weighted by atomic mass is 16.5. The Bertz CT molecular complexity index is 423. The lowest BCUT2D eigenvalue weighted by atomic mass is 9.94. The predicted octanol–water partition coefficient (Wildman–Crippen LogP) is 1.83. The lowest BCUT2D eigenvalue weighted by molar-refractivity contribution is -0.00483. The Morgan fingerprint density at radius 2 is 2.22 bits per heavy atom. The molecule has 1 unspecified atom stereocenters. The molecule has 5 heteroatoms. The first-order chi connectivity index (χ1) is 8.59. The van der Waals surface area contributed by atoms with Gasteiger partial charge in [-0.1, -0.05) is 0 Å². The molecule has 1 aromatic rings. The molecule has 1 atom stereocenters. The van der Waals surface area contributed by atoms with Crippen molar-refractivity contribution in [1.82, 2.24) is 9.97 Å². The molecule has 0 saturated carbocycles. The molecule has 1 fully saturated rings. The van der Waals surface area contributed by atoms with E-state index in [0.29, 0.717) is 0 Å². The van der Waals surface area contributed by atoms with Crippen molar-refractivity contribution in [2.45, 2.75) is 32.3 Å². The van der Waals surface area contributed by atoms with Crippen molar-refractivity contribution in [2.75, 3.05) is 37.5 Å². The molecule has 1 aliphatic heterocycles.